The molecule has 1 atom stereocenters. The van der Waals surface area contributed by atoms with Crippen LogP contribution >= 0.6 is 0 Å². The monoisotopic (exact) mass is 310 g/mol. The van der Waals surface area contributed by atoms with E-state index in [0.29, 0.717) is 12.1 Å². The van der Waals surface area contributed by atoms with E-state index in [0.717, 1.165) is 22.8 Å². The number of aromatic nitrogens is 1. The van der Waals surface area contributed by atoms with Gasteiger partial charge in [-0.25, -0.2) is 0 Å². The Kier molecular flexibility index (Phi) is 4.06. The molecule has 0 bridgehead atoms. The first-order chi connectivity index (χ1) is 11.2. The quantitative estimate of drug-likeness (QED) is 0.381. The number of hydrogen-bond acceptors (Lipinski definition) is 4. The third-order valence-corrected chi connectivity index (χ3v) is 3.99. The third-order valence-electron chi connectivity index (χ3n) is 3.99. The molecule has 0 amide bonds. The number of nitro groups is 1. The van der Waals surface area contributed by atoms with E-state index in [-0.39, 0.29) is 0 Å². The van der Waals surface area contributed by atoms with Gasteiger partial charge in [-0.3, -0.25) is 10.1 Å². The van der Waals surface area contributed by atoms with Gasteiger partial charge in [0.05, 0.1) is 5.69 Å². The summed E-state index contributed by atoms with van der Waals surface area (Å²) in [6.45, 7) is 4.72. The van der Waals surface area contributed by atoms with Crippen LogP contribution in [0.5, 0.6) is 0 Å². The van der Waals surface area contributed by atoms with Crippen LogP contribution in [-0.2, 0) is 6.54 Å². The van der Waals surface area contributed by atoms with Crippen LogP contribution in [0.3, 0.4) is 0 Å². The second-order valence-electron chi connectivity index (χ2n) is 5.35. The molecule has 118 valence electrons. The lowest BCUT2D eigenvalue weighted by molar-refractivity contribution is -0.521. The summed E-state index contributed by atoms with van der Waals surface area (Å²) >= 11 is 0. The summed E-state index contributed by atoms with van der Waals surface area (Å²) in [6.07, 6.45) is -0.656. The highest BCUT2D eigenvalue weighted by atomic mass is 16.6. The second kappa shape index (κ2) is 6.16. The largest absolute Gasteiger partial charge is 0.341 e. The van der Waals surface area contributed by atoms with E-state index in [1.165, 1.54) is 5.52 Å². The maximum Gasteiger partial charge on any atom is 0.320 e. The summed E-state index contributed by atoms with van der Waals surface area (Å²) < 4.78 is 2.25. The van der Waals surface area contributed by atoms with Gasteiger partial charge in [-0.1, -0.05) is 25.1 Å². The Morgan fingerprint density at radius 2 is 1.87 bits per heavy atom. The highest BCUT2D eigenvalue weighted by molar-refractivity contribution is 6.08. The van der Waals surface area contributed by atoms with Crippen molar-refractivity contribution in [3.8, 4) is 0 Å². The van der Waals surface area contributed by atoms with Crippen LogP contribution in [0.25, 0.3) is 21.8 Å². The van der Waals surface area contributed by atoms with Crippen LogP contribution in [-0.4, -0.2) is 15.7 Å². The normalized spacial score (nSPS) is 13.1. The molecular formula is C17H18N4O2. The van der Waals surface area contributed by atoms with E-state index >= 15 is 0 Å². The molecule has 2 aromatic carbocycles. The third kappa shape index (κ3) is 2.67. The predicted octanol–water partition coefficient (Wildman–Crippen LogP) is 4.91. The van der Waals surface area contributed by atoms with Crippen LogP contribution in [0.1, 0.15) is 20.3 Å². The van der Waals surface area contributed by atoms with E-state index in [1.807, 2.05) is 30.3 Å². The van der Waals surface area contributed by atoms with E-state index in [2.05, 4.69) is 33.9 Å². The molecule has 0 saturated carbocycles. The van der Waals surface area contributed by atoms with Gasteiger partial charge in [-0.2, -0.15) is 0 Å². The van der Waals surface area contributed by atoms with Crippen molar-refractivity contribution in [1.29, 1.82) is 0 Å². The smallest absolute Gasteiger partial charge is 0.320 e. The first-order valence-electron chi connectivity index (χ1n) is 7.71. The summed E-state index contributed by atoms with van der Waals surface area (Å²) in [5, 5.41) is 21.0. The van der Waals surface area contributed by atoms with Crippen LogP contribution in [0.2, 0.25) is 0 Å². The minimum Gasteiger partial charge on any atom is -0.341 e. The molecule has 0 aliphatic heterocycles. The van der Waals surface area contributed by atoms with Gasteiger partial charge < -0.3 is 4.57 Å². The molecule has 0 fully saturated rings. The standard InChI is InChI=1S/C17H18N4O2/c1-3-17(21(22)23)19-18-12-9-10-16-14(11-12)13-7-5-6-8-15(13)20(16)4-2/h5-11,17H,3-4H2,1-2H3. The molecular weight excluding hydrogens is 292 g/mol. The van der Waals surface area contributed by atoms with Crippen molar-refractivity contribution in [2.75, 3.05) is 0 Å². The first kappa shape index (κ1) is 15.1. The van der Waals surface area contributed by atoms with E-state index in [9.17, 15) is 10.1 Å². The van der Waals surface area contributed by atoms with Gasteiger partial charge >= 0.3 is 6.17 Å². The van der Waals surface area contributed by atoms with Crippen molar-refractivity contribution in [1.82, 2.24) is 4.57 Å². The molecule has 0 spiro atoms. The molecule has 23 heavy (non-hydrogen) atoms. The number of benzene rings is 2. The molecule has 1 heterocycles. The number of hydrogen-bond donors (Lipinski definition) is 0. The number of azo groups is 1. The van der Waals surface area contributed by atoms with Crippen LogP contribution < -0.4 is 0 Å². The van der Waals surface area contributed by atoms with E-state index in [4.69, 9.17) is 0 Å². The molecule has 3 aromatic rings. The fourth-order valence-corrected chi connectivity index (χ4v) is 2.85. The van der Waals surface area contributed by atoms with Crippen LogP contribution in [0.15, 0.2) is 52.7 Å². The fraction of sp³-hybridized carbons (Fsp3) is 0.294. The minimum atomic E-state index is -0.984. The minimum absolute atomic E-state index is 0.327. The Labute approximate surface area is 133 Å². The molecule has 3 rings (SSSR count). The Morgan fingerprint density at radius 3 is 2.57 bits per heavy atom. The summed E-state index contributed by atoms with van der Waals surface area (Å²) in [5.41, 5.74) is 2.95. The van der Waals surface area contributed by atoms with Gasteiger partial charge in [0.15, 0.2) is 0 Å². The van der Waals surface area contributed by atoms with E-state index in [1.54, 1.807) is 6.92 Å². The highest BCUT2D eigenvalue weighted by Crippen LogP contribution is 2.31. The maximum absolute atomic E-state index is 10.8. The zero-order valence-electron chi connectivity index (χ0n) is 13.1. The van der Waals surface area contributed by atoms with Crippen molar-refractivity contribution in [2.45, 2.75) is 33.0 Å². The average molecular weight is 310 g/mol. The average Bonchev–Trinajstić information content (AvgIpc) is 2.88. The molecule has 0 aliphatic rings. The maximum atomic E-state index is 10.8. The molecule has 1 unspecified atom stereocenters. The summed E-state index contributed by atoms with van der Waals surface area (Å²) in [4.78, 5) is 10.4. The molecule has 0 saturated heterocycles. The number of nitrogens with zero attached hydrogens (tertiary/aromatic N) is 4. The first-order valence-corrected chi connectivity index (χ1v) is 7.71. The van der Waals surface area contributed by atoms with Crippen molar-refractivity contribution in [3.05, 3.63) is 52.6 Å². The number of rotatable bonds is 5. The highest BCUT2D eigenvalue weighted by Gasteiger charge is 2.15. The summed E-state index contributed by atoms with van der Waals surface area (Å²) in [7, 11) is 0. The lowest BCUT2D eigenvalue weighted by Crippen LogP contribution is -2.14. The van der Waals surface area contributed by atoms with Crippen molar-refractivity contribution in [3.63, 3.8) is 0 Å². The van der Waals surface area contributed by atoms with Gasteiger partial charge in [-0.15, -0.1) is 10.2 Å². The van der Waals surface area contributed by atoms with Gasteiger partial charge in [0.2, 0.25) is 0 Å². The van der Waals surface area contributed by atoms with Crippen LogP contribution in [0, 0.1) is 10.1 Å². The molecule has 6 nitrogen and oxygen atoms in total. The van der Waals surface area contributed by atoms with Crippen LogP contribution in [0.4, 0.5) is 5.69 Å². The Hall–Kier alpha value is -2.76. The number of aryl methyl sites for hydroxylation is 1. The lowest BCUT2D eigenvalue weighted by atomic mass is 10.1. The molecule has 0 aliphatic carbocycles. The second-order valence-corrected chi connectivity index (χ2v) is 5.35. The number of para-hydroxylation sites is 1. The molecule has 1 aromatic heterocycles. The Morgan fingerprint density at radius 1 is 1.13 bits per heavy atom. The van der Waals surface area contributed by atoms with Crippen molar-refractivity contribution >= 4 is 27.5 Å². The fourth-order valence-electron chi connectivity index (χ4n) is 2.85. The Bertz CT molecular complexity index is 898. The molecule has 6 heteroatoms. The lowest BCUT2D eigenvalue weighted by Gasteiger charge is -2.02. The van der Waals surface area contributed by atoms with E-state index < -0.39 is 11.1 Å². The molecule has 0 N–H and O–H groups in total. The SMILES string of the molecule is CCC(N=Nc1ccc2c(c1)c1ccccc1n2CC)[N+](=O)[O-]. The summed E-state index contributed by atoms with van der Waals surface area (Å²) in [5.74, 6) is 0. The van der Waals surface area contributed by atoms with Gasteiger partial charge in [0, 0.05) is 39.7 Å². The Balaban J connectivity index is 2.10. The van der Waals surface area contributed by atoms with Crippen molar-refractivity contribution in [2.24, 2.45) is 10.2 Å². The van der Waals surface area contributed by atoms with Crippen molar-refractivity contribution < 1.29 is 4.92 Å². The summed E-state index contributed by atoms with van der Waals surface area (Å²) in [6, 6.07) is 14.0. The zero-order valence-corrected chi connectivity index (χ0v) is 13.1. The predicted molar refractivity (Wildman–Crippen MR) is 90.7 cm³/mol. The zero-order chi connectivity index (χ0) is 16.4. The number of fused-ring (bicyclic) bond motifs is 3. The van der Waals surface area contributed by atoms with Gasteiger partial charge in [0.1, 0.15) is 0 Å². The topological polar surface area (TPSA) is 72.8 Å². The van der Waals surface area contributed by atoms with Gasteiger partial charge in [-0.05, 0) is 31.2 Å². The molecule has 0 radical (unpaired) electrons. The van der Waals surface area contributed by atoms with Gasteiger partial charge in [0.25, 0.3) is 0 Å².